The van der Waals surface area contributed by atoms with Crippen LogP contribution in [-0.4, -0.2) is 36.1 Å². The van der Waals surface area contributed by atoms with Gasteiger partial charge in [0.2, 0.25) is 0 Å². The molecular weight excluding hydrogens is 350 g/mol. The number of hydrogen-bond acceptors (Lipinski definition) is 5. The first-order valence-corrected chi connectivity index (χ1v) is 10.2. The highest BCUT2D eigenvalue weighted by Crippen LogP contribution is 2.23. The number of nitrogens with one attached hydrogen (secondary N) is 1. The van der Waals surface area contributed by atoms with Gasteiger partial charge in [-0.1, -0.05) is 0 Å². The average molecular weight is 371 g/mol. The van der Waals surface area contributed by atoms with Crippen molar-refractivity contribution in [1.82, 2.24) is 14.6 Å². The van der Waals surface area contributed by atoms with E-state index < -0.39 is 10.0 Å². The predicted molar refractivity (Wildman–Crippen MR) is 101 cm³/mol. The molecule has 2 aromatic heterocycles. The second-order valence-electron chi connectivity index (χ2n) is 6.53. The normalized spacial score (nSPS) is 15.3. The summed E-state index contributed by atoms with van der Waals surface area (Å²) in [6.07, 6.45) is 5.19. The Kier molecular flexibility index (Phi) is 4.28. The Morgan fingerprint density at radius 2 is 1.77 bits per heavy atom. The Morgan fingerprint density at radius 3 is 2.50 bits per heavy atom. The lowest BCUT2D eigenvalue weighted by atomic mass is 10.1. The van der Waals surface area contributed by atoms with Crippen molar-refractivity contribution < 1.29 is 8.42 Å². The number of piperidine rings is 1. The van der Waals surface area contributed by atoms with E-state index in [1.165, 1.54) is 23.8 Å². The fraction of sp³-hybridized carbons (Fsp3) is 0.333. The van der Waals surface area contributed by atoms with Gasteiger partial charge < -0.3 is 4.90 Å². The van der Waals surface area contributed by atoms with Crippen molar-refractivity contribution >= 4 is 27.2 Å². The van der Waals surface area contributed by atoms with Crippen LogP contribution in [-0.2, 0) is 10.0 Å². The molecule has 8 heteroatoms. The number of aromatic nitrogens is 3. The van der Waals surface area contributed by atoms with E-state index in [-0.39, 0.29) is 4.90 Å². The van der Waals surface area contributed by atoms with Gasteiger partial charge in [-0.15, -0.1) is 0 Å². The third-order valence-corrected chi connectivity index (χ3v) is 5.96. The summed E-state index contributed by atoms with van der Waals surface area (Å²) < 4.78 is 29.6. The lowest BCUT2D eigenvalue weighted by Gasteiger charge is -2.28. The smallest absolute Gasteiger partial charge is 0.263 e. The van der Waals surface area contributed by atoms with E-state index in [9.17, 15) is 8.42 Å². The highest BCUT2D eigenvalue weighted by Gasteiger charge is 2.18. The molecule has 0 unspecified atom stereocenters. The van der Waals surface area contributed by atoms with Gasteiger partial charge in [0.05, 0.1) is 10.6 Å². The number of aryl methyl sites for hydroxylation is 1. The van der Waals surface area contributed by atoms with Crippen molar-refractivity contribution in [3.8, 4) is 0 Å². The van der Waals surface area contributed by atoms with Crippen LogP contribution in [0, 0.1) is 6.92 Å². The zero-order valence-corrected chi connectivity index (χ0v) is 15.4. The second-order valence-corrected chi connectivity index (χ2v) is 8.22. The standard InChI is InChI=1S/C18H21N5O2S/c1-14-13-18-19-10-9-17(23(18)20-14)21-26(24,25)16-7-5-15(6-8-16)22-11-3-2-4-12-22/h5-10,13,21H,2-4,11-12H2,1H3. The van der Waals surface area contributed by atoms with E-state index in [0.717, 1.165) is 24.5 Å². The number of fused-ring (bicyclic) bond motifs is 1. The molecule has 26 heavy (non-hydrogen) atoms. The Morgan fingerprint density at radius 1 is 1.04 bits per heavy atom. The van der Waals surface area contributed by atoms with Crippen molar-refractivity contribution in [3.05, 3.63) is 48.3 Å². The van der Waals surface area contributed by atoms with Crippen LogP contribution in [0.2, 0.25) is 0 Å². The van der Waals surface area contributed by atoms with Crippen molar-refractivity contribution in [2.45, 2.75) is 31.1 Å². The van der Waals surface area contributed by atoms with E-state index in [4.69, 9.17) is 0 Å². The third kappa shape index (κ3) is 3.24. The van der Waals surface area contributed by atoms with Gasteiger partial charge in [-0.3, -0.25) is 4.72 Å². The van der Waals surface area contributed by atoms with Gasteiger partial charge in [0, 0.05) is 31.0 Å². The number of nitrogens with zero attached hydrogens (tertiary/aromatic N) is 4. The number of anilines is 2. The summed E-state index contributed by atoms with van der Waals surface area (Å²) in [4.78, 5) is 6.72. The van der Waals surface area contributed by atoms with Gasteiger partial charge in [0.1, 0.15) is 5.82 Å². The Hall–Kier alpha value is -2.61. The average Bonchev–Trinajstić information content (AvgIpc) is 3.04. The van der Waals surface area contributed by atoms with Gasteiger partial charge in [0.15, 0.2) is 5.65 Å². The quantitative estimate of drug-likeness (QED) is 0.763. The second kappa shape index (κ2) is 6.60. The van der Waals surface area contributed by atoms with Crippen LogP contribution in [0.3, 0.4) is 0 Å². The summed E-state index contributed by atoms with van der Waals surface area (Å²) in [5.74, 6) is 0.364. The van der Waals surface area contributed by atoms with Crippen molar-refractivity contribution in [3.63, 3.8) is 0 Å². The molecule has 0 saturated carbocycles. The molecule has 0 amide bonds. The maximum absolute atomic E-state index is 12.8. The van der Waals surface area contributed by atoms with Crippen LogP contribution >= 0.6 is 0 Å². The fourth-order valence-electron chi connectivity index (χ4n) is 3.27. The first-order valence-electron chi connectivity index (χ1n) is 8.72. The predicted octanol–water partition coefficient (Wildman–Crippen LogP) is 2.83. The monoisotopic (exact) mass is 371 g/mol. The molecule has 3 aromatic rings. The molecule has 0 atom stereocenters. The third-order valence-electron chi connectivity index (χ3n) is 4.59. The van der Waals surface area contributed by atoms with Crippen LogP contribution in [0.15, 0.2) is 47.5 Å². The molecule has 1 aromatic carbocycles. The lowest BCUT2D eigenvalue weighted by Crippen LogP contribution is -2.29. The molecule has 0 spiro atoms. The Bertz CT molecular complexity index is 1020. The molecule has 1 aliphatic heterocycles. The number of hydrogen-bond donors (Lipinski definition) is 1. The lowest BCUT2D eigenvalue weighted by molar-refractivity contribution is 0.577. The highest BCUT2D eigenvalue weighted by atomic mass is 32.2. The Balaban J connectivity index is 1.59. The molecule has 1 N–H and O–H groups in total. The largest absolute Gasteiger partial charge is 0.372 e. The molecule has 3 heterocycles. The molecule has 1 aliphatic rings. The minimum Gasteiger partial charge on any atom is -0.372 e. The zero-order valence-electron chi connectivity index (χ0n) is 14.6. The van der Waals surface area contributed by atoms with Crippen LogP contribution in [0.1, 0.15) is 25.0 Å². The topological polar surface area (TPSA) is 79.6 Å². The van der Waals surface area contributed by atoms with Crippen LogP contribution in [0.5, 0.6) is 0 Å². The van der Waals surface area contributed by atoms with Gasteiger partial charge >= 0.3 is 0 Å². The molecule has 4 rings (SSSR count). The fourth-order valence-corrected chi connectivity index (χ4v) is 4.31. The Labute approximate surface area is 152 Å². The van der Waals surface area contributed by atoms with Gasteiger partial charge in [-0.2, -0.15) is 9.61 Å². The summed E-state index contributed by atoms with van der Waals surface area (Å²) in [5.41, 5.74) is 2.44. The molecule has 0 bridgehead atoms. The van der Waals surface area contributed by atoms with E-state index in [0.29, 0.717) is 11.5 Å². The number of sulfonamides is 1. The van der Waals surface area contributed by atoms with E-state index >= 15 is 0 Å². The van der Waals surface area contributed by atoms with Crippen molar-refractivity contribution in [1.29, 1.82) is 0 Å². The number of benzene rings is 1. The maximum atomic E-state index is 12.8. The molecule has 136 valence electrons. The molecule has 1 saturated heterocycles. The maximum Gasteiger partial charge on any atom is 0.263 e. The highest BCUT2D eigenvalue weighted by molar-refractivity contribution is 7.92. The summed E-state index contributed by atoms with van der Waals surface area (Å²) in [5, 5.41) is 4.29. The first kappa shape index (κ1) is 16.8. The van der Waals surface area contributed by atoms with Gasteiger partial charge in [-0.05, 0) is 56.5 Å². The van der Waals surface area contributed by atoms with Crippen molar-refractivity contribution in [2.75, 3.05) is 22.7 Å². The summed E-state index contributed by atoms with van der Waals surface area (Å²) >= 11 is 0. The molecular formula is C18H21N5O2S. The molecule has 0 radical (unpaired) electrons. The molecule has 0 aliphatic carbocycles. The molecule has 7 nitrogen and oxygen atoms in total. The minimum atomic E-state index is -3.70. The summed E-state index contributed by atoms with van der Waals surface area (Å²) in [6.45, 7) is 3.89. The van der Waals surface area contributed by atoms with Gasteiger partial charge in [-0.25, -0.2) is 13.4 Å². The SMILES string of the molecule is Cc1cc2nccc(NS(=O)(=O)c3ccc(N4CCCCC4)cc3)n2n1. The van der Waals surface area contributed by atoms with E-state index in [1.807, 2.05) is 19.1 Å². The molecule has 1 fully saturated rings. The van der Waals surface area contributed by atoms with Crippen molar-refractivity contribution in [2.24, 2.45) is 0 Å². The van der Waals surface area contributed by atoms with E-state index in [2.05, 4.69) is 19.7 Å². The minimum absolute atomic E-state index is 0.229. The van der Waals surface area contributed by atoms with E-state index in [1.54, 1.807) is 30.5 Å². The van der Waals surface area contributed by atoms with Crippen LogP contribution < -0.4 is 9.62 Å². The van der Waals surface area contributed by atoms with Gasteiger partial charge in [0.25, 0.3) is 10.0 Å². The van der Waals surface area contributed by atoms with Crippen LogP contribution in [0.25, 0.3) is 5.65 Å². The summed E-state index contributed by atoms with van der Waals surface area (Å²) in [6, 6.07) is 10.4. The zero-order chi connectivity index (χ0) is 18.1. The van der Waals surface area contributed by atoms with Crippen LogP contribution in [0.4, 0.5) is 11.5 Å². The number of rotatable bonds is 4. The summed E-state index contributed by atoms with van der Waals surface area (Å²) in [7, 11) is -3.70. The first-order chi connectivity index (χ1) is 12.5.